The van der Waals surface area contributed by atoms with Gasteiger partial charge in [-0.1, -0.05) is 0 Å². The van der Waals surface area contributed by atoms with Crippen LogP contribution >= 0.6 is 0 Å². The number of rotatable bonds is 14. The van der Waals surface area contributed by atoms with Crippen molar-refractivity contribution in [2.45, 2.75) is 40.3 Å². The van der Waals surface area contributed by atoms with Crippen LogP contribution in [0.4, 0.5) is 35.1 Å². The van der Waals surface area contributed by atoms with Gasteiger partial charge in [0.1, 0.15) is 0 Å². The maximum atomic E-state index is 14.5. The van der Waals surface area contributed by atoms with E-state index in [9.17, 15) is 35.1 Å². The van der Waals surface area contributed by atoms with Crippen molar-refractivity contribution in [1.29, 1.82) is 0 Å². The van der Waals surface area contributed by atoms with E-state index < -0.39 is 117 Å². The summed E-state index contributed by atoms with van der Waals surface area (Å²) in [7, 11) is 2.12. The van der Waals surface area contributed by atoms with Crippen molar-refractivity contribution < 1.29 is 77.9 Å². The molecule has 0 bridgehead atoms. The third-order valence-electron chi connectivity index (χ3n) is 4.90. The van der Waals surface area contributed by atoms with Crippen LogP contribution < -0.4 is 0 Å². The summed E-state index contributed by atoms with van der Waals surface area (Å²) in [6, 6.07) is 0. The van der Waals surface area contributed by atoms with Crippen LogP contribution in [0, 0.1) is 46.5 Å². The zero-order valence-corrected chi connectivity index (χ0v) is 22.7. The number of halogens is 8. The molecule has 0 amide bonds. The van der Waals surface area contributed by atoms with E-state index in [4.69, 9.17) is 11.3 Å². The maximum absolute atomic E-state index is 14.5. The van der Waals surface area contributed by atoms with Crippen molar-refractivity contribution >= 4 is 0 Å². The van der Waals surface area contributed by atoms with Crippen LogP contribution in [0.2, 0.25) is 0 Å². The van der Waals surface area contributed by atoms with Gasteiger partial charge in [-0.15, -0.1) is 0 Å². The molecule has 0 aliphatic heterocycles. The summed E-state index contributed by atoms with van der Waals surface area (Å²) >= 11 is -5.52. The van der Waals surface area contributed by atoms with Gasteiger partial charge in [0.25, 0.3) is 0 Å². The summed E-state index contributed by atoms with van der Waals surface area (Å²) in [6.45, 7) is -1.40. The second-order valence-electron chi connectivity index (χ2n) is 7.24. The zero-order valence-electron chi connectivity index (χ0n) is 20.2. The summed E-state index contributed by atoms with van der Waals surface area (Å²) in [6.07, 6.45) is 0. The summed E-state index contributed by atoms with van der Waals surface area (Å²) in [5.74, 6) is -14.0. The summed E-state index contributed by atoms with van der Waals surface area (Å²) in [5, 5.41) is 0. The molecule has 0 aromatic heterocycles. The molecule has 0 spiro atoms. The molecule has 6 nitrogen and oxygen atoms in total. The van der Waals surface area contributed by atoms with Gasteiger partial charge in [0, 0.05) is 0 Å². The van der Waals surface area contributed by atoms with E-state index in [1.165, 1.54) is 13.8 Å². The van der Waals surface area contributed by atoms with Crippen molar-refractivity contribution in [2.75, 3.05) is 27.4 Å². The van der Waals surface area contributed by atoms with E-state index in [0.717, 1.165) is 14.2 Å². The van der Waals surface area contributed by atoms with Crippen LogP contribution in [-0.4, -0.2) is 27.4 Å². The molecule has 0 radical (unpaired) electrons. The predicted molar refractivity (Wildman–Crippen MR) is 107 cm³/mol. The Morgan fingerprint density at radius 3 is 0.892 bits per heavy atom. The number of ether oxygens (including phenoxy) is 2. The Morgan fingerprint density at radius 1 is 0.432 bits per heavy atom. The Kier molecular flexibility index (Phi) is 12.1. The van der Waals surface area contributed by atoms with E-state index in [2.05, 4.69) is 9.47 Å². The van der Waals surface area contributed by atoms with Crippen LogP contribution in [0.15, 0.2) is 0 Å². The van der Waals surface area contributed by atoms with Gasteiger partial charge in [-0.25, -0.2) is 0 Å². The Hall–Kier alpha value is -1.48. The molecule has 37 heavy (non-hydrogen) atoms. The Bertz CT molecular complexity index is 960. The minimum atomic E-state index is -5.52. The fraction of sp³-hybridized carbons (Fsp3) is 0.455. The SMILES string of the molecule is CC[O][Zr]([O]CC)([O]Cc1c(F)c(F)c(COC)c(F)c1F)[O]Cc1c(F)c(F)c(COC)c(F)c1F. The van der Waals surface area contributed by atoms with Crippen LogP contribution in [0.3, 0.4) is 0 Å². The van der Waals surface area contributed by atoms with Crippen molar-refractivity contribution in [3.8, 4) is 0 Å². The van der Waals surface area contributed by atoms with Gasteiger partial charge in [0.2, 0.25) is 0 Å². The molecule has 0 unspecified atom stereocenters. The van der Waals surface area contributed by atoms with Gasteiger partial charge >= 0.3 is 214 Å². The quantitative estimate of drug-likeness (QED) is 0.198. The Morgan fingerprint density at radius 2 is 0.676 bits per heavy atom. The minimum absolute atomic E-state index is 0.197. The normalized spacial score (nSPS) is 12.0. The number of hydrogen-bond donors (Lipinski definition) is 0. The third-order valence-corrected chi connectivity index (χ3v) is 10.5. The first-order valence-corrected chi connectivity index (χ1v) is 14.7. The molecule has 0 saturated heterocycles. The molecule has 0 aliphatic rings. The van der Waals surface area contributed by atoms with E-state index in [1.54, 1.807) is 0 Å². The average Bonchev–Trinajstić information content (AvgIpc) is 2.87. The molecule has 0 aliphatic carbocycles. The molecule has 208 valence electrons. The van der Waals surface area contributed by atoms with Gasteiger partial charge in [-0.3, -0.25) is 0 Å². The van der Waals surface area contributed by atoms with Crippen molar-refractivity contribution in [2.24, 2.45) is 0 Å². The van der Waals surface area contributed by atoms with Gasteiger partial charge < -0.3 is 0 Å². The number of methoxy groups -OCH3 is 2. The number of benzene rings is 2. The molecular weight excluding hydrogens is 603 g/mol. The molecule has 0 N–H and O–H groups in total. The molecule has 0 heterocycles. The fourth-order valence-electron chi connectivity index (χ4n) is 3.17. The second-order valence-corrected chi connectivity index (χ2v) is 12.5. The van der Waals surface area contributed by atoms with Gasteiger partial charge in [-0.2, -0.15) is 0 Å². The van der Waals surface area contributed by atoms with Crippen molar-refractivity contribution in [3.05, 3.63) is 68.8 Å². The fourth-order valence-corrected chi connectivity index (χ4v) is 7.71. The second kappa shape index (κ2) is 14.1. The summed E-state index contributed by atoms with van der Waals surface area (Å²) < 4.78 is 146. The molecule has 15 heteroatoms. The summed E-state index contributed by atoms with van der Waals surface area (Å²) in [5.41, 5.74) is -4.35. The average molecular weight is 628 g/mol. The van der Waals surface area contributed by atoms with Crippen LogP contribution in [0.5, 0.6) is 0 Å². The predicted octanol–water partition coefficient (Wildman–Crippen LogP) is 5.71. The molecule has 0 saturated carbocycles. The first-order chi connectivity index (χ1) is 17.5. The van der Waals surface area contributed by atoms with Crippen molar-refractivity contribution in [3.63, 3.8) is 0 Å². The molecule has 2 rings (SSSR count). The van der Waals surface area contributed by atoms with Crippen LogP contribution in [0.25, 0.3) is 0 Å². The van der Waals surface area contributed by atoms with Gasteiger partial charge in [0.05, 0.1) is 0 Å². The van der Waals surface area contributed by atoms with Crippen LogP contribution in [-0.2, 0) is 69.2 Å². The molecule has 0 fully saturated rings. The topological polar surface area (TPSA) is 55.4 Å². The Labute approximate surface area is 214 Å². The van der Waals surface area contributed by atoms with Crippen LogP contribution in [0.1, 0.15) is 36.1 Å². The molecule has 0 atom stereocenters. The first-order valence-electron chi connectivity index (χ1n) is 10.7. The molecular formula is C22H24F8O6Zr. The van der Waals surface area contributed by atoms with Gasteiger partial charge in [0.15, 0.2) is 0 Å². The zero-order chi connectivity index (χ0) is 27.9. The summed E-state index contributed by atoms with van der Waals surface area (Å²) in [4.78, 5) is 0. The van der Waals surface area contributed by atoms with E-state index in [-0.39, 0.29) is 13.2 Å². The molecule has 2 aromatic carbocycles. The van der Waals surface area contributed by atoms with E-state index in [0.29, 0.717) is 0 Å². The van der Waals surface area contributed by atoms with E-state index >= 15 is 0 Å². The Balaban J connectivity index is 2.42. The monoisotopic (exact) mass is 626 g/mol. The molecule has 2 aromatic rings. The number of hydrogen-bond acceptors (Lipinski definition) is 6. The van der Waals surface area contributed by atoms with E-state index in [1.807, 2.05) is 0 Å². The van der Waals surface area contributed by atoms with Gasteiger partial charge in [-0.05, 0) is 0 Å². The third kappa shape index (κ3) is 6.94. The first kappa shape index (κ1) is 31.7. The standard InChI is InChI=1S/2C9H7F4O2.2C2H5O.Zr/c2*1-15-3-5-8(12)6(10)4(2-14)7(11)9(5)13;2*1-2-3;/h2*2-3H2,1H3;2*2H2,1H3;/q4*-1;+4. The van der Waals surface area contributed by atoms with Crippen molar-refractivity contribution in [1.82, 2.24) is 0 Å².